The first-order chi connectivity index (χ1) is 18.9. The summed E-state index contributed by atoms with van der Waals surface area (Å²) in [4.78, 5) is 48.9. The van der Waals surface area contributed by atoms with Gasteiger partial charge in [-0.1, -0.05) is 45.0 Å². The predicted molar refractivity (Wildman–Crippen MR) is 150 cm³/mol. The average Bonchev–Trinajstić information content (AvgIpc) is 3.52. The van der Waals surface area contributed by atoms with Gasteiger partial charge in [0.15, 0.2) is 11.5 Å². The fraction of sp³-hybridized carbons (Fsp3) is 0.310. The van der Waals surface area contributed by atoms with Crippen LogP contribution in [0.4, 0.5) is 5.82 Å². The number of primary amides is 1. The number of hydrogen-bond donors (Lipinski definition) is 3. The number of nitrogens with two attached hydrogens (primary N) is 2. The highest BCUT2D eigenvalue weighted by molar-refractivity contribution is 6.04. The minimum atomic E-state index is -0.787. The number of pyridine rings is 1. The number of amides is 3. The summed E-state index contributed by atoms with van der Waals surface area (Å²) in [6.45, 7) is 8.05. The number of rotatable bonds is 6. The van der Waals surface area contributed by atoms with E-state index in [0.717, 1.165) is 10.2 Å². The summed E-state index contributed by atoms with van der Waals surface area (Å²) in [5.41, 5.74) is 7.45. The maximum atomic E-state index is 13.3. The molecule has 1 unspecified atom stereocenters. The summed E-state index contributed by atoms with van der Waals surface area (Å²) < 4.78 is 1.12. The van der Waals surface area contributed by atoms with E-state index in [-0.39, 0.29) is 34.1 Å². The molecule has 11 nitrogen and oxygen atoms in total. The molecular formula is C29H32N8O3. The van der Waals surface area contributed by atoms with Crippen LogP contribution in [0.25, 0.3) is 11.3 Å². The highest BCUT2D eigenvalue weighted by Gasteiger charge is 2.37. The van der Waals surface area contributed by atoms with Crippen molar-refractivity contribution < 1.29 is 14.4 Å². The van der Waals surface area contributed by atoms with Crippen LogP contribution in [0.2, 0.25) is 0 Å². The fourth-order valence-corrected chi connectivity index (χ4v) is 4.64. The van der Waals surface area contributed by atoms with Gasteiger partial charge in [0.05, 0.1) is 6.04 Å². The molecule has 1 fully saturated rings. The Hall–Kier alpha value is -4.98. The Bertz CT molecular complexity index is 1520. The molecule has 1 aliphatic heterocycles. The number of nitrogens with one attached hydrogen (secondary N) is 1. The van der Waals surface area contributed by atoms with Crippen molar-refractivity contribution in [1.29, 1.82) is 5.26 Å². The SMILES string of the molecule is Cc1ccc(NC(=O)c2ccc(-c3nc(C4CCCN4C(=O)/C(C#N)=C/C(C)(C)C)n(N)c3C(N)=O)cc2)nc1. The number of hydrogen-bond acceptors (Lipinski definition) is 7. The molecule has 1 aliphatic rings. The molecule has 3 heterocycles. The molecule has 1 atom stereocenters. The summed E-state index contributed by atoms with van der Waals surface area (Å²) >= 11 is 0. The van der Waals surface area contributed by atoms with Gasteiger partial charge in [-0.25, -0.2) is 14.6 Å². The molecule has 2 aromatic heterocycles. The van der Waals surface area contributed by atoms with E-state index in [2.05, 4.69) is 15.3 Å². The van der Waals surface area contributed by atoms with Crippen LogP contribution >= 0.6 is 0 Å². The second-order valence-corrected chi connectivity index (χ2v) is 10.8. The van der Waals surface area contributed by atoms with Crippen LogP contribution in [0.3, 0.4) is 0 Å². The summed E-state index contributed by atoms with van der Waals surface area (Å²) in [5.74, 6) is 5.50. The topological polar surface area (TPSA) is 173 Å². The highest BCUT2D eigenvalue weighted by Crippen LogP contribution is 2.35. The van der Waals surface area contributed by atoms with Crippen molar-refractivity contribution in [2.45, 2.75) is 46.6 Å². The van der Waals surface area contributed by atoms with E-state index in [9.17, 15) is 19.6 Å². The smallest absolute Gasteiger partial charge is 0.269 e. The first-order valence-electron chi connectivity index (χ1n) is 12.9. The Morgan fingerprint density at radius 2 is 1.85 bits per heavy atom. The van der Waals surface area contributed by atoms with Crippen LogP contribution in [0.5, 0.6) is 0 Å². The number of aromatic nitrogens is 3. The standard InChI is InChI=1S/C29H32N8O3/c1-17-7-12-22(33-16-17)34-27(39)19-10-8-18(9-11-19)23-24(25(31)38)37(32)26(35-23)21-6-5-13-36(21)28(40)20(15-30)14-29(2,3)4/h7-12,14,16,21H,5-6,13,32H2,1-4H3,(H2,31,38)(H,33,34,39)/b20-14+. The molecule has 0 spiro atoms. The van der Waals surface area contributed by atoms with Crippen LogP contribution < -0.4 is 16.9 Å². The number of allylic oxidation sites excluding steroid dienone is 1. The van der Waals surface area contributed by atoms with Crippen molar-refractivity contribution in [1.82, 2.24) is 19.5 Å². The molecule has 0 radical (unpaired) electrons. The molecular weight excluding hydrogens is 508 g/mol. The van der Waals surface area contributed by atoms with Gasteiger partial charge >= 0.3 is 0 Å². The lowest BCUT2D eigenvalue weighted by atomic mass is 9.93. The zero-order valence-corrected chi connectivity index (χ0v) is 22.9. The zero-order chi connectivity index (χ0) is 29.2. The number of imidazole rings is 1. The van der Waals surface area contributed by atoms with Gasteiger partial charge in [-0.15, -0.1) is 0 Å². The summed E-state index contributed by atoms with van der Waals surface area (Å²) in [5, 5.41) is 12.4. The third-order valence-electron chi connectivity index (χ3n) is 6.49. The highest BCUT2D eigenvalue weighted by atomic mass is 16.2. The van der Waals surface area contributed by atoms with E-state index >= 15 is 0 Å². The zero-order valence-electron chi connectivity index (χ0n) is 22.9. The first-order valence-corrected chi connectivity index (χ1v) is 12.9. The number of benzene rings is 1. The van der Waals surface area contributed by atoms with E-state index in [4.69, 9.17) is 11.6 Å². The Labute approximate surface area is 232 Å². The maximum absolute atomic E-state index is 13.3. The molecule has 0 saturated carbocycles. The molecule has 40 heavy (non-hydrogen) atoms. The van der Waals surface area contributed by atoms with Crippen molar-refractivity contribution in [2.75, 3.05) is 17.7 Å². The monoisotopic (exact) mass is 540 g/mol. The van der Waals surface area contributed by atoms with Gasteiger partial charge in [0, 0.05) is 23.9 Å². The van der Waals surface area contributed by atoms with Crippen LogP contribution in [0.1, 0.15) is 71.9 Å². The van der Waals surface area contributed by atoms with Gasteiger partial charge in [-0.3, -0.25) is 14.4 Å². The van der Waals surface area contributed by atoms with E-state index in [1.165, 1.54) is 0 Å². The quantitative estimate of drug-likeness (QED) is 0.244. The number of nitriles is 1. The first kappa shape index (κ1) is 28.0. The number of anilines is 1. The lowest BCUT2D eigenvalue weighted by Gasteiger charge is -2.25. The molecule has 1 aromatic carbocycles. The van der Waals surface area contributed by atoms with Crippen molar-refractivity contribution in [3.8, 4) is 17.3 Å². The van der Waals surface area contributed by atoms with E-state index in [1.54, 1.807) is 47.5 Å². The number of nitrogens with zero attached hydrogens (tertiary/aromatic N) is 5. The summed E-state index contributed by atoms with van der Waals surface area (Å²) in [6, 6.07) is 11.5. The maximum Gasteiger partial charge on any atom is 0.269 e. The van der Waals surface area contributed by atoms with Gasteiger partial charge in [0.1, 0.15) is 23.2 Å². The van der Waals surface area contributed by atoms with Crippen LogP contribution in [-0.4, -0.2) is 43.8 Å². The third-order valence-corrected chi connectivity index (χ3v) is 6.49. The van der Waals surface area contributed by atoms with Crippen LogP contribution in [0, 0.1) is 23.7 Å². The minimum Gasteiger partial charge on any atom is -0.364 e. The van der Waals surface area contributed by atoms with E-state index < -0.39 is 17.9 Å². The Morgan fingerprint density at radius 3 is 2.42 bits per heavy atom. The third kappa shape index (κ3) is 5.86. The van der Waals surface area contributed by atoms with Gasteiger partial charge in [-0.2, -0.15) is 5.26 Å². The second kappa shape index (κ2) is 11.0. The molecule has 11 heteroatoms. The largest absolute Gasteiger partial charge is 0.364 e. The normalized spacial score (nSPS) is 15.5. The number of nitrogen functional groups attached to an aromatic ring is 1. The Kier molecular flexibility index (Phi) is 7.72. The van der Waals surface area contributed by atoms with Gasteiger partial charge in [0.25, 0.3) is 17.7 Å². The predicted octanol–water partition coefficient (Wildman–Crippen LogP) is 3.48. The lowest BCUT2D eigenvalue weighted by Crippen LogP contribution is -2.35. The molecule has 0 aliphatic carbocycles. The number of likely N-dealkylation sites (tertiary alicyclic amines) is 1. The van der Waals surface area contributed by atoms with Crippen LogP contribution in [0.15, 0.2) is 54.2 Å². The van der Waals surface area contributed by atoms with Crippen molar-refractivity contribution in [3.63, 3.8) is 0 Å². The van der Waals surface area contributed by atoms with E-state index in [0.29, 0.717) is 36.3 Å². The molecule has 206 valence electrons. The summed E-state index contributed by atoms with van der Waals surface area (Å²) in [7, 11) is 0. The van der Waals surface area contributed by atoms with E-state index in [1.807, 2.05) is 39.8 Å². The van der Waals surface area contributed by atoms with Gasteiger partial charge in [-0.05, 0) is 48.9 Å². The Balaban J connectivity index is 1.64. The fourth-order valence-electron chi connectivity index (χ4n) is 4.64. The summed E-state index contributed by atoms with van der Waals surface area (Å²) in [6.07, 6.45) is 4.54. The molecule has 5 N–H and O–H groups in total. The van der Waals surface area contributed by atoms with Gasteiger partial charge in [0.2, 0.25) is 0 Å². The Morgan fingerprint density at radius 1 is 1.15 bits per heavy atom. The second-order valence-electron chi connectivity index (χ2n) is 10.8. The molecule has 3 amide bonds. The molecule has 3 aromatic rings. The van der Waals surface area contributed by atoms with Crippen molar-refractivity contribution in [2.24, 2.45) is 11.1 Å². The van der Waals surface area contributed by atoms with Gasteiger partial charge < -0.3 is 21.8 Å². The minimum absolute atomic E-state index is 0.0268. The number of carbonyl (C=O) groups excluding carboxylic acids is 3. The van der Waals surface area contributed by atoms with Crippen molar-refractivity contribution >= 4 is 23.5 Å². The molecule has 4 rings (SSSR count). The lowest BCUT2D eigenvalue weighted by molar-refractivity contribution is -0.127. The number of aryl methyl sites for hydroxylation is 1. The average molecular weight is 541 g/mol. The molecule has 0 bridgehead atoms. The number of carbonyl (C=O) groups is 3. The van der Waals surface area contributed by atoms with Crippen LogP contribution in [-0.2, 0) is 4.79 Å². The van der Waals surface area contributed by atoms with Crippen molar-refractivity contribution in [3.05, 3.63) is 76.9 Å². The molecule has 1 saturated heterocycles.